The molecule has 0 radical (unpaired) electrons. The van der Waals surface area contributed by atoms with Crippen molar-refractivity contribution < 1.29 is 10.6 Å². The lowest BCUT2D eigenvalue weighted by Crippen LogP contribution is -1.84. The summed E-state index contributed by atoms with van der Waals surface area (Å²) in [6.45, 7) is 1.48. The average molecular weight is 139 g/mol. The van der Waals surface area contributed by atoms with E-state index in [0.717, 1.165) is 0 Å². The summed E-state index contributed by atoms with van der Waals surface area (Å²) in [6, 6.07) is 2.47. The summed E-state index contributed by atoms with van der Waals surface area (Å²) in [5.74, 6) is -0.444. The normalized spacial score (nSPS) is 10.8. The molecule has 0 unspecified atom stereocenters. The van der Waals surface area contributed by atoms with E-state index < -0.39 is 5.82 Å². The van der Waals surface area contributed by atoms with E-state index in [1.54, 1.807) is 0 Å². The maximum atomic E-state index is 12.7. The van der Waals surface area contributed by atoms with Crippen molar-refractivity contribution in [1.29, 1.82) is 0 Å². The number of carbonyl (C=O) groups excluding carboxylic acids is 1. The van der Waals surface area contributed by atoms with Crippen molar-refractivity contribution in [3.63, 3.8) is 0 Å². The maximum Gasteiger partial charge on any atom is 0.150 e. The number of rotatable bonds is 1. The molecule has 1 rings (SSSR count). The van der Waals surface area contributed by atoms with E-state index in [2.05, 4.69) is 0 Å². The summed E-state index contributed by atoms with van der Waals surface area (Å²) in [5, 5.41) is 0. The standard InChI is InChI=1S/C8H7FO/c1-6-4-7(5-10)2-3-8(6)9/h2-5H,1H3/i4D. The fraction of sp³-hybridized carbons (Fsp3) is 0.125. The average Bonchev–Trinajstić information content (AvgIpc) is 2.01. The Morgan fingerprint density at radius 3 is 3.00 bits per heavy atom. The molecule has 0 spiro atoms. The molecule has 10 heavy (non-hydrogen) atoms. The van der Waals surface area contributed by atoms with Crippen molar-refractivity contribution in [3.05, 3.63) is 35.1 Å². The van der Waals surface area contributed by atoms with E-state index in [-0.39, 0.29) is 17.2 Å². The lowest BCUT2D eigenvalue weighted by Gasteiger charge is -1.94. The molecule has 0 bridgehead atoms. The summed E-state index contributed by atoms with van der Waals surface area (Å²) in [4.78, 5) is 10.2. The Labute approximate surface area is 59.9 Å². The van der Waals surface area contributed by atoms with Crippen LogP contribution in [0.4, 0.5) is 4.39 Å². The fourth-order valence-corrected chi connectivity index (χ4v) is 0.675. The van der Waals surface area contributed by atoms with Crippen molar-refractivity contribution in [2.24, 2.45) is 0 Å². The molecule has 2 heteroatoms. The molecule has 0 saturated heterocycles. The third-order valence-corrected chi connectivity index (χ3v) is 1.23. The van der Waals surface area contributed by atoms with Gasteiger partial charge in [0, 0.05) is 5.56 Å². The minimum Gasteiger partial charge on any atom is -0.298 e. The quantitative estimate of drug-likeness (QED) is 0.543. The first-order chi connectivity index (χ1) is 5.16. The highest BCUT2D eigenvalue weighted by Crippen LogP contribution is 2.06. The summed E-state index contributed by atoms with van der Waals surface area (Å²) < 4.78 is 19.9. The molecule has 0 amide bonds. The van der Waals surface area contributed by atoms with Gasteiger partial charge in [-0.2, -0.15) is 0 Å². The first-order valence-electron chi connectivity index (χ1n) is 3.37. The van der Waals surface area contributed by atoms with Gasteiger partial charge < -0.3 is 0 Å². The van der Waals surface area contributed by atoms with Crippen LogP contribution in [0, 0.1) is 12.7 Å². The van der Waals surface area contributed by atoms with Gasteiger partial charge in [0.1, 0.15) is 12.1 Å². The van der Waals surface area contributed by atoms with Crippen LogP contribution in [0.3, 0.4) is 0 Å². The SMILES string of the molecule is [2H]c1c(C=O)ccc(F)c1C. The molecular weight excluding hydrogens is 131 g/mol. The maximum absolute atomic E-state index is 12.7. The Hall–Kier alpha value is -1.18. The zero-order valence-electron chi connectivity index (χ0n) is 6.52. The minimum atomic E-state index is -0.444. The van der Waals surface area contributed by atoms with E-state index in [4.69, 9.17) is 1.37 Å². The Bertz CT molecular complexity index is 296. The highest BCUT2D eigenvalue weighted by Gasteiger charge is 1.95. The van der Waals surface area contributed by atoms with Gasteiger partial charge in [-0.1, -0.05) is 0 Å². The smallest absolute Gasteiger partial charge is 0.150 e. The van der Waals surface area contributed by atoms with Gasteiger partial charge in [0.25, 0.3) is 0 Å². The summed E-state index contributed by atoms with van der Waals surface area (Å²) in [7, 11) is 0. The zero-order valence-corrected chi connectivity index (χ0v) is 5.52. The molecule has 0 aromatic heterocycles. The molecular formula is C8H7FO. The fourth-order valence-electron chi connectivity index (χ4n) is 0.675. The van der Waals surface area contributed by atoms with Crippen LogP contribution in [0.1, 0.15) is 17.3 Å². The van der Waals surface area contributed by atoms with Crippen LogP contribution in [0.15, 0.2) is 18.2 Å². The number of carbonyl (C=O) groups is 1. The Morgan fingerprint density at radius 2 is 2.40 bits per heavy atom. The van der Waals surface area contributed by atoms with Crippen molar-refractivity contribution in [2.45, 2.75) is 6.92 Å². The van der Waals surface area contributed by atoms with Crippen molar-refractivity contribution in [1.82, 2.24) is 0 Å². The van der Waals surface area contributed by atoms with Gasteiger partial charge in [-0.05, 0) is 30.7 Å². The van der Waals surface area contributed by atoms with Crippen LogP contribution in [0.25, 0.3) is 0 Å². The number of benzene rings is 1. The van der Waals surface area contributed by atoms with E-state index in [1.807, 2.05) is 0 Å². The second-order valence-corrected chi connectivity index (χ2v) is 2.00. The van der Waals surface area contributed by atoms with Gasteiger partial charge in [0.15, 0.2) is 0 Å². The Balaban J connectivity index is 3.36. The minimum absolute atomic E-state index is 0.0278. The molecule has 0 aliphatic rings. The molecule has 0 heterocycles. The topological polar surface area (TPSA) is 17.1 Å². The van der Waals surface area contributed by atoms with Gasteiger partial charge in [-0.3, -0.25) is 4.79 Å². The van der Waals surface area contributed by atoms with Crippen LogP contribution < -0.4 is 0 Å². The van der Waals surface area contributed by atoms with Crippen molar-refractivity contribution in [3.8, 4) is 0 Å². The highest BCUT2D eigenvalue weighted by atomic mass is 19.1. The van der Waals surface area contributed by atoms with E-state index >= 15 is 0 Å². The zero-order chi connectivity index (χ0) is 8.43. The Morgan fingerprint density at radius 1 is 1.70 bits per heavy atom. The molecule has 0 aliphatic carbocycles. The summed E-state index contributed by atoms with van der Waals surface area (Å²) in [5.41, 5.74) is 0.443. The lowest BCUT2D eigenvalue weighted by atomic mass is 10.1. The first-order valence-corrected chi connectivity index (χ1v) is 2.87. The summed E-state index contributed by atoms with van der Waals surface area (Å²) in [6.07, 6.45) is 0.550. The predicted molar refractivity (Wildman–Crippen MR) is 36.5 cm³/mol. The highest BCUT2D eigenvalue weighted by molar-refractivity contribution is 5.74. The molecule has 0 fully saturated rings. The molecule has 1 aromatic rings. The molecule has 0 N–H and O–H groups in total. The Kier molecular flexibility index (Phi) is 1.46. The van der Waals surface area contributed by atoms with Crippen LogP contribution in [0.2, 0.25) is 0 Å². The molecule has 1 nitrogen and oxygen atoms in total. The van der Waals surface area contributed by atoms with Crippen molar-refractivity contribution >= 4 is 6.29 Å². The number of halogens is 1. The number of hydrogen-bond acceptors (Lipinski definition) is 1. The van der Waals surface area contributed by atoms with Crippen LogP contribution in [-0.4, -0.2) is 6.29 Å². The van der Waals surface area contributed by atoms with Crippen molar-refractivity contribution in [2.75, 3.05) is 0 Å². The second kappa shape index (κ2) is 2.60. The van der Waals surface area contributed by atoms with Gasteiger partial charge in [0.2, 0.25) is 0 Å². The van der Waals surface area contributed by atoms with Gasteiger partial charge in [-0.25, -0.2) is 4.39 Å². The molecule has 0 atom stereocenters. The van der Waals surface area contributed by atoms with Gasteiger partial charge in [0.05, 0.1) is 1.37 Å². The number of hydrogen-bond donors (Lipinski definition) is 0. The van der Waals surface area contributed by atoms with E-state index in [0.29, 0.717) is 6.29 Å². The second-order valence-electron chi connectivity index (χ2n) is 2.00. The predicted octanol–water partition coefficient (Wildman–Crippen LogP) is 1.95. The molecule has 1 aromatic carbocycles. The van der Waals surface area contributed by atoms with E-state index in [9.17, 15) is 9.18 Å². The molecule has 0 aliphatic heterocycles. The molecule has 52 valence electrons. The molecule has 0 saturated carbocycles. The van der Waals surface area contributed by atoms with Crippen LogP contribution >= 0.6 is 0 Å². The van der Waals surface area contributed by atoms with Gasteiger partial charge in [-0.15, -0.1) is 0 Å². The third kappa shape index (κ3) is 1.21. The van der Waals surface area contributed by atoms with Crippen LogP contribution in [-0.2, 0) is 0 Å². The van der Waals surface area contributed by atoms with Gasteiger partial charge >= 0.3 is 0 Å². The largest absolute Gasteiger partial charge is 0.298 e. The monoisotopic (exact) mass is 139 g/mol. The lowest BCUT2D eigenvalue weighted by molar-refractivity contribution is 0.112. The summed E-state index contributed by atoms with van der Waals surface area (Å²) >= 11 is 0. The first kappa shape index (κ1) is 5.59. The van der Waals surface area contributed by atoms with Crippen LogP contribution in [0.5, 0.6) is 0 Å². The third-order valence-electron chi connectivity index (χ3n) is 1.23. The number of aldehydes is 1. The van der Waals surface area contributed by atoms with E-state index in [1.165, 1.54) is 19.1 Å².